The lowest BCUT2D eigenvalue weighted by atomic mass is 9.67. The highest BCUT2D eigenvalue weighted by atomic mass is 19.4. The van der Waals surface area contributed by atoms with Crippen molar-refractivity contribution in [3.05, 3.63) is 106 Å². The molecule has 1 heterocycles. The van der Waals surface area contributed by atoms with E-state index >= 15 is 0 Å². The molecule has 3 aromatic rings. The molecule has 0 spiro atoms. The van der Waals surface area contributed by atoms with Gasteiger partial charge >= 0.3 is 18.3 Å². The van der Waals surface area contributed by atoms with Crippen molar-refractivity contribution in [3.8, 4) is 0 Å². The Balaban J connectivity index is 1.26. The minimum absolute atomic E-state index is 0.0175. The Morgan fingerprint density at radius 3 is 1.93 bits per heavy atom. The van der Waals surface area contributed by atoms with Crippen molar-refractivity contribution in [1.29, 1.82) is 0 Å². The first-order chi connectivity index (χ1) is 21.3. The smallest absolute Gasteiger partial charge is 0.416 e. The van der Waals surface area contributed by atoms with E-state index in [0.717, 1.165) is 31.5 Å². The zero-order valence-corrected chi connectivity index (χ0v) is 24.4. The van der Waals surface area contributed by atoms with Crippen LogP contribution in [0, 0.1) is 5.82 Å². The third-order valence-electron chi connectivity index (χ3n) is 9.28. The van der Waals surface area contributed by atoms with Gasteiger partial charge in [-0.25, -0.2) is 4.39 Å². The van der Waals surface area contributed by atoms with Crippen LogP contribution in [0.2, 0.25) is 0 Å². The Labute approximate surface area is 256 Å². The van der Waals surface area contributed by atoms with Gasteiger partial charge in [0.2, 0.25) is 0 Å². The normalized spacial score (nSPS) is 22.6. The highest BCUT2D eigenvalue weighted by molar-refractivity contribution is 5.83. The number of aliphatic hydroxyl groups is 1. The summed E-state index contributed by atoms with van der Waals surface area (Å²) < 4.78 is 98.7. The second-order valence-corrected chi connectivity index (χ2v) is 12.0. The lowest BCUT2D eigenvalue weighted by Crippen LogP contribution is -2.48. The molecule has 3 aromatic carbocycles. The molecule has 0 amide bonds. The van der Waals surface area contributed by atoms with E-state index in [0.29, 0.717) is 49.3 Å². The highest BCUT2D eigenvalue weighted by Crippen LogP contribution is 2.44. The topological polar surface area (TPSA) is 49.8 Å². The molecule has 0 aromatic heterocycles. The molecule has 1 aliphatic heterocycles. The van der Waals surface area contributed by atoms with Gasteiger partial charge in [-0.2, -0.15) is 26.3 Å². The fourth-order valence-corrected chi connectivity index (χ4v) is 6.72. The molecule has 1 atom stereocenters. The van der Waals surface area contributed by atoms with Crippen molar-refractivity contribution in [2.75, 3.05) is 19.7 Å². The van der Waals surface area contributed by atoms with Crippen LogP contribution < -0.4 is 0 Å². The van der Waals surface area contributed by atoms with E-state index in [1.807, 2.05) is 12.1 Å². The molecule has 1 saturated heterocycles. The zero-order chi connectivity index (χ0) is 32.4. The number of piperidine rings is 1. The van der Waals surface area contributed by atoms with E-state index in [4.69, 9.17) is 4.74 Å². The van der Waals surface area contributed by atoms with Crippen molar-refractivity contribution >= 4 is 5.97 Å². The average Bonchev–Trinajstić information content (AvgIpc) is 3.03. The number of carbonyl (C=O) groups excluding carboxylic acids is 1. The van der Waals surface area contributed by atoms with Gasteiger partial charge in [0.05, 0.1) is 16.5 Å². The van der Waals surface area contributed by atoms with Crippen LogP contribution in [0.5, 0.6) is 0 Å². The predicted octanol–water partition coefficient (Wildman–Crippen LogP) is 8.20. The summed E-state index contributed by atoms with van der Waals surface area (Å²) in [5, 5.41) is 10.6. The average molecular weight is 638 g/mol. The first kappa shape index (κ1) is 32.9. The Morgan fingerprint density at radius 1 is 0.844 bits per heavy atom. The van der Waals surface area contributed by atoms with Gasteiger partial charge in [-0.1, -0.05) is 42.5 Å². The number of rotatable bonds is 7. The number of hydrogen-bond donors (Lipinski definition) is 1. The fourth-order valence-electron chi connectivity index (χ4n) is 6.72. The van der Waals surface area contributed by atoms with Crippen molar-refractivity contribution < 1.29 is 45.4 Å². The Kier molecular flexibility index (Phi) is 9.60. The highest BCUT2D eigenvalue weighted by Gasteiger charge is 2.46. The van der Waals surface area contributed by atoms with E-state index in [2.05, 4.69) is 4.90 Å². The number of hydrogen-bond acceptors (Lipinski definition) is 4. The summed E-state index contributed by atoms with van der Waals surface area (Å²) in [7, 11) is 0. The number of esters is 1. The lowest BCUT2D eigenvalue weighted by Gasteiger charge is -2.44. The number of benzene rings is 3. The number of ether oxygens (including phenoxy) is 1. The van der Waals surface area contributed by atoms with Crippen LogP contribution in [0.4, 0.5) is 30.7 Å². The maximum atomic E-state index is 13.7. The van der Waals surface area contributed by atoms with Crippen LogP contribution >= 0.6 is 0 Å². The van der Waals surface area contributed by atoms with Gasteiger partial charge in [-0.15, -0.1) is 0 Å². The monoisotopic (exact) mass is 637 g/mol. The molecule has 2 fully saturated rings. The first-order valence-corrected chi connectivity index (χ1v) is 15.0. The SMILES string of the molecule is O=C(OCC(O)c1cc(C(F)(F)F)cc(C(F)(F)F)c1)C1(c2ccccc2)CCC(N2CCC(c3ccc(F)cc3)CC2)CC1. The molecule has 11 heteroatoms. The predicted molar refractivity (Wildman–Crippen MR) is 153 cm³/mol. The van der Waals surface area contributed by atoms with Crippen LogP contribution in [-0.2, 0) is 27.3 Å². The second-order valence-electron chi connectivity index (χ2n) is 12.0. The summed E-state index contributed by atoms with van der Waals surface area (Å²) in [5.41, 5.74) is -3.01. The Morgan fingerprint density at radius 2 is 1.40 bits per heavy atom. The molecule has 0 radical (unpaired) electrons. The van der Waals surface area contributed by atoms with Crippen LogP contribution in [0.3, 0.4) is 0 Å². The van der Waals surface area contributed by atoms with Crippen LogP contribution in [0.1, 0.15) is 78.4 Å². The minimum Gasteiger partial charge on any atom is -0.462 e. The van der Waals surface area contributed by atoms with E-state index in [1.165, 1.54) is 12.1 Å². The molecule has 2 aliphatic rings. The van der Waals surface area contributed by atoms with Crippen LogP contribution in [0.25, 0.3) is 0 Å². The molecule has 0 bridgehead atoms. The number of likely N-dealkylation sites (tertiary alicyclic amines) is 1. The van der Waals surface area contributed by atoms with Gasteiger partial charge in [0, 0.05) is 6.04 Å². The summed E-state index contributed by atoms with van der Waals surface area (Å²) in [6, 6.07) is 16.7. The van der Waals surface area contributed by atoms with Crippen LogP contribution in [0.15, 0.2) is 72.8 Å². The molecule has 4 nitrogen and oxygen atoms in total. The van der Waals surface area contributed by atoms with Crippen molar-refractivity contribution in [2.24, 2.45) is 0 Å². The van der Waals surface area contributed by atoms with Gasteiger partial charge in [0.1, 0.15) is 18.5 Å². The van der Waals surface area contributed by atoms with Gasteiger partial charge in [0.25, 0.3) is 0 Å². The maximum absolute atomic E-state index is 13.7. The fraction of sp³-hybridized carbons (Fsp3) is 0.441. The van der Waals surface area contributed by atoms with E-state index in [1.54, 1.807) is 30.3 Å². The Hall–Kier alpha value is -3.44. The molecule has 1 aliphatic carbocycles. The molecule has 45 heavy (non-hydrogen) atoms. The van der Waals surface area contributed by atoms with Crippen molar-refractivity contribution in [2.45, 2.75) is 74.4 Å². The largest absolute Gasteiger partial charge is 0.462 e. The van der Waals surface area contributed by atoms with E-state index < -0.39 is 53.1 Å². The molecule has 5 rings (SSSR count). The van der Waals surface area contributed by atoms with Gasteiger partial charge in [-0.05, 0) is 105 Å². The van der Waals surface area contributed by atoms with Gasteiger partial charge in [0.15, 0.2) is 0 Å². The summed E-state index contributed by atoms with van der Waals surface area (Å²) >= 11 is 0. The van der Waals surface area contributed by atoms with Crippen LogP contribution in [-0.4, -0.2) is 41.7 Å². The third-order valence-corrected chi connectivity index (χ3v) is 9.28. The molecule has 242 valence electrons. The van der Waals surface area contributed by atoms with Gasteiger partial charge in [-0.3, -0.25) is 4.79 Å². The zero-order valence-electron chi connectivity index (χ0n) is 24.4. The van der Waals surface area contributed by atoms with E-state index in [9.17, 15) is 40.6 Å². The van der Waals surface area contributed by atoms with Crippen molar-refractivity contribution in [3.63, 3.8) is 0 Å². The standard InChI is InChI=1S/C34H34F7NO3/c35-28-8-6-22(7-9-28)23-12-16-42(17-13-23)29-10-14-32(15-11-29,25-4-2-1-3-5-25)31(44)45-21-30(43)24-18-26(33(36,37)38)20-27(19-24)34(39,40)41/h1-9,18-20,23,29-30,43H,10-17,21H2. The van der Waals surface area contributed by atoms with Gasteiger partial charge < -0.3 is 14.7 Å². The molecule has 1 unspecified atom stereocenters. The van der Waals surface area contributed by atoms with E-state index in [-0.39, 0.29) is 17.9 Å². The number of carbonyl (C=O) groups is 1. The summed E-state index contributed by atoms with van der Waals surface area (Å²) in [6.45, 7) is 0.920. The summed E-state index contributed by atoms with van der Waals surface area (Å²) in [4.78, 5) is 16.1. The lowest BCUT2D eigenvalue weighted by molar-refractivity contribution is -0.156. The summed E-state index contributed by atoms with van der Waals surface area (Å²) in [6.07, 6.45) is -7.98. The number of aliphatic hydroxyl groups excluding tert-OH is 1. The number of alkyl halides is 6. The summed E-state index contributed by atoms with van der Waals surface area (Å²) in [5.74, 6) is -0.594. The molecular weight excluding hydrogens is 603 g/mol. The Bertz CT molecular complexity index is 1410. The number of halogens is 7. The first-order valence-electron chi connectivity index (χ1n) is 15.0. The minimum atomic E-state index is -5.07. The molecular formula is C34H34F7NO3. The number of nitrogens with zero attached hydrogens (tertiary/aromatic N) is 1. The molecule has 1 N–H and O–H groups in total. The third kappa shape index (κ3) is 7.52. The van der Waals surface area contributed by atoms with Crippen molar-refractivity contribution in [1.82, 2.24) is 4.90 Å². The quantitative estimate of drug-likeness (QED) is 0.210. The molecule has 1 saturated carbocycles. The second kappa shape index (κ2) is 13.1. The maximum Gasteiger partial charge on any atom is 0.416 e.